The Bertz CT molecular complexity index is 3100. The van der Waals surface area contributed by atoms with E-state index in [1.54, 1.807) is 11.3 Å². The lowest BCUT2D eigenvalue weighted by molar-refractivity contribution is 0.656. The van der Waals surface area contributed by atoms with Crippen molar-refractivity contribution in [2.24, 2.45) is 0 Å². The van der Waals surface area contributed by atoms with Gasteiger partial charge in [-0.3, -0.25) is 0 Å². The first kappa shape index (κ1) is 30.2. The summed E-state index contributed by atoms with van der Waals surface area (Å²) in [5.74, 6) is 1.97. The largest absolute Gasteiger partial charge is 0.308 e. The first-order valence-corrected chi connectivity index (χ1v) is 18.9. The molecule has 0 N–H and O–H groups in total. The van der Waals surface area contributed by atoms with Gasteiger partial charge in [0.2, 0.25) is 0 Å². The molecule has 3 heterocycles. The Hall–Kier alpha value is -6.43. The van der Waals surface area contributed by atoms with Crippen LogP contribution in [0, 0.1) is 0 Å². The lowest BCUT2D eigenvalue weighted by Gasteiger charge is -2.25. The smallest absolute Gasteiger partial charge is 0.166 e. The highest BCUT2D eigenvalue weighted by Gasteiger charge is 2.38. The van der Waals surface area contributed by atoms with Crippen LogP contribution >= 0.6 is 11.3 Å². The van der Waals surface area contributed by atoms with E-state index in [1.165, 1.54) is 58.9 Å². The summed E-state index contributed by atoms with van der Waals surface area (Å²) in [5.41, 5.74) is 11.4. The summed E-state index contributed by atoms with van der Waals surface area (Å²) in [4.78, 5) is 15.8. The highest BCUT2D eigenvalue weighted by atomic mass is 32.1. The summed E-state index contributed by atoms with van der Waals surface area (Å²) in [7, 11) is 0. The van der Waals surface area contributed by atoms with Gasteiger partial charge in [0.05, 0.1) is 16.7 Å². The third kappa shape index (κ3) is 4.38. The molecule has 0 aliphatic heterocycles. The molecule has 53 heavy (non-hydrogen) atoms. The van der Waals surface area contributed by atoms with Gasteiger partial charge in [-0.05, 0) is 52.6 Å². The standard InChI is InChI=1S/C48H32N4S/c1-48(2)38-25-9-6-17-30(38)33-20-14-27-40(42(33)48)52-39-26-10-7-18-31(39)34-21-12-23-36(43(34)52)46-49-45(29-15-4-3-5-16-29)50-47(51-46)37-24-13-22-35-32-19-8-11-28-41(32)53-44(35)37/h3-28H,1-2H3. The zero-order valence-corrected chi connectivity index (χ0v) is 30.0. The quantitative estimate of drug-likeness (QED) is 0.184. The topological polar surface area (TPSA) is 43.6 Å². The van der Waals surface area contributed by atoms with Gasteiger partial charge < -0.3 is 4.57 Å². The van der Waals surface area contributed by atoms with Crippen molar-refractivity contribution in [2.75, 3.05) is 0 Å². The number of fused-ring (bicyclic) bond motifs is 9. The second kappa shape index (κ2) is 11.3. The fourth-order valence-electron chi connectivity index (χ4n) is 8.71. The highest BCUT2D eigenvalue weighted by Crippen LogP contribution is 2.52. The molecule has 7 aromatic carbocycles. The van der Waals surface area contributed by atoms with E-state index < -0.39 is 0 Å². The Kier molecular flexibility index (Phi) is 6.43. The van der Waals surface area contributed by atoms with Crippen molar-refractivity contribution >= 4 is 53.3 Å². The van der Waals surface area contributed by atoms with E-state index in [4.69, 9.17) is 15.0 Å². The van der Waals surface area contributed by atoms with E-state index in [0.29, 0.717) is 17.5 Å². The number of para-hydroxylation sites is 2. The van der Waals surface area contributed by atoms with E-state index in [9.17, 15) is 0 Å². The molecule has 0 fully saturated rings. The van der Waals surface area contributed by atoms with E-state index in [1.807, 2.05) is 18.2 Å². The Morgan fingerprint density at radius 3 is 1.94 bits per heavy atom. The molecular weight excluding hydrogens is 665 g/mol. The van der Waals surface area contributed by atoms with Gasteiger partial charge in [0.25, 0.3) is 0 Å². The molecule has 0 atom stereocenters. The van der Waals surface area contributed by atoms with Crippen molar-refractivity contribution in [3.8, 4) is 51.0 Å². The van der Waals surface area contributed by atoms with Gasteiger partial charge in [0.1, 0.15) is 0 Å². The molecule has 3 aromatic heterocycles. The predicted octanol–water partition coefficient (Wildman–Crippen LogP) is 12.6. The predicted molar refractivity (Wildman–Crippen MR) is 221 cm³/mol. The van der Waals surface area contributed by atoms with Gasteiger partial charge in [-0.15, -0.1) is 11.3 Å². The Morgan fingerprint density at radius 1 is 0.472 bits per heavy atom. The van der Waals surface area contributed by atoms with Gasteiger partial charge in [-0.25, -0.2) is 15.0 Å². The number of hydrogen-bond acceptors (Lipinski definition) is 4. The molecule has 0 amide bonds. The van der Waals surface area contributed by atoms with Crippen molar-refractivity contribution in [2.45, 2.75) is 19.3 Å². The van der Waals surface area contributed by atoms with Crippen LogP contribution in [0.1, 0.15) is 25.0 Å². The van der Waals surface area contributed by atoms with Gasteiger partial charge in [0, 0.05) is 53.1 Å². The molecule has 0 saturated heterocycles. The van der Waals surface area contributed by atoms with E-state index in [-0.39, 0.29) is 5.41 Å². The second-order valence-electron chi connectivity index (χ2n) is 14.4. The summed E-state index contributed by atoms with van der Waals surface area (Å²) >= 11 is 1.79. The minimum atomic E-state index is -0.196. The average Bonchev–Trinajstić information content (AvgIpc) is 3.84. The van der Waals surface area contributed by atoms with Crippen LogP contribution in [-0.4, -0.2) is 19.5 Å². The molecule has 0 unspecified atom stereocenters. The first-order chi connectivity index (χ1) is 26.1. The van der Waals surface area contributed by atoms with Gasteiger partial charge in [0.15, 0.2) is 17.5 Å². The maximum atomic E-state index is 5.38. The lowest BCUT2D eigenvalue weighted by atomic mass is 9.81. The zero-order valence-electron chi connectivity index (χ0n) is 29.2. The fourth-order valence-corrected chi connectivity index (χ4v) is 9.92. The number of thiophene rings is 1. The first-order valence-electron chi connectivity index (χ1n) is 18.0. The van der Waals surface area contributed by atoms with Gasteiger partial charge in [-0.1, -0.05) is 141 Å². The van der Waals surface area contributed by atoms with Gasteiger partial charge >= 0.3 is 0 Å². The Labute approximate surface area is 310 Å². The minimum absolute atomic E-state index is 0.196. The van der Waals surface area contributed by atoms with E-state index >= 15 is 0 Å². The van der Waals surface area contributed by atoms with Gasteiger partial charge in [-0.2, -0.15) is 0 Å². The number of hydrogen-bond donors (Lipinski definition) is 0. The van der Waals surface area contributed by atoms with Crippen molar-refractivity contribution in [3.05, 3.63) is 169 Å². The van der Waals surface area contributed by atoms with E-state index in [0.717, 1.165) is 27.7 Å². The van der Waals surface area contributed by atoms with Crippen molar-refractivity contribution in [3.63, 3.8) is 0 Å². The molecule has 0 saturated carbocycles. The normalized spacial score (nSPS) is 13.2. The van der Waals surface area contributed by atoms with Crippen LogP contribution < -0.4 is 0 Å². The van der Waals surface area contributed by atoms with Crippen LogP contribution in [0.2, 0.25) is 0 Å². The molecule has 5 heteroatoms. The fraction of sp³-hybridized carbons (Fsp3) is 0.0625. The Balaban J connectivity index is 1.23. The SMILES string of the molecule is CC1(C)c2ccccc2-c2cccc(-n3c4ccccc4c4cccc(-c5nc(-c6ccccc6)nc(-c6cccc7c6sc6ccccc67)n5)c43)c21. The summed E-state index contributed by atoms with van der Waals surface area (Å²) in [5, 5.41) is 4.83. The van der Waals surface area contributed by atoms with Crippen LogP contribution in [0.5, 0.6) is 0 Å². The van der Waals surface area contributed by atoms with Crippen LogP contribution in [-0.2, 0) is 5.41 Å². The number of nitrogens with zero attached hydrogens (tertiary/aromatic N) is 4. The molecule has 0 spiro atoms. The minimum Gasteiger partial charge on any atom is -0.308 e. The molecule has 0 bridgehead atoms. The molecule has 0 radical (unpaired) electrons. The third-order valence-corrected chi connectivity index (χ3v) is 12.3. The average molecular weight is 697 g/mol. The van der Waals surface area contributed by atoms with Crippen molar-refractivity contribution in [1.29, 1.82) is 0 Å². The molecule has 250 valence electrons. The summed E-state index contributed by atoms with van der Waals surface area (Å²) in [6, 6.07) is 56.3. The van der Waals surface area contributed by atoms with Crippen LogP contribution in [0.25, 0.3) is 93.0 Å². The monoisotopic (exact) mass is 696 g/mol. The van der Waals surface area contributed by atoms with Crippen molar-refractivity contribution in [1.82, 2.24) is 19.5 Å². The third-order valence-electron chi connectivity index (χ3n) is 11.0. The van der Waals surface area contributed by atoms with E-state index in [2.05, 4.69) is 158 Å². The Morgan fingerprint density at radius 2 is 1.08 bits per heavy atom. The van der Waals surface area contributed by atoms with Crippen LogP contribution in [0.4, 0.5) is 0 Å². The highest BCUT2D eigenvalue weighted by molar-refractivity contribution is 7.26. The number of rotatable bonds is 4. The molecular formula is C48H32N4S. The lowest BCUT2D eigenvalue weighted by Crippen LogP contribution is -2.18. The second-order valence-corrected chi connectivity index (χ2v) is 15.4. The molecule has 4 nitrogen and oxygen atoms in total. The van der Waals surface area contributed by atoms with Crippen molar-refractivity contribution < 1.29 is 0 Å². The molecule has 10 aromatic rings. The number of benzene rings is 7. The molecule has 11 rings (SSSR count). The van der Waals surface area contributed by atoms with Crippen LogP contribution in [0.15, 0.2) is 158 Å². The summed E-state index contributed by atoms with van der Waals surface area (Å²) < 4.78 is 4.89. The maximum absolute atomic E-state index is 5.38. The maximum Gasteiger partial charge on any atom is 0.166 e. The summed E-state index contributed by atoms with van der Waals surface area (Å²) in [6.45, 7) is 4.71. The zero-order chi connectivity index (χ0) is 35.3. The molecule has 1 aliphatic carbocycles. The molecule has 1 aliphatic rings. The number of aromatic nitrogens is 4. The summed E-state index contributed by atoms with van der Waals surface area (Å²) in [6.07, 6.45) is 0. The van der Waals surface area contributed by atoms with Crippen LogP contribution in [0.3, 0.4) is 0 Å².